The largest absolute Gasteiger partial charge is 0.573 e. The van der Waals surface area contributed by atoms with E-state index in [0.717, 1.165) is 12.8 Å². The van der Waals surface area contributed by atoms with E-state index < -0.39 is 18.4 Å². The normalized spacial score (nSPS) is 18.7. The second-order valence-electron chi connectivity index (χ2n) is 7.87. The van der Waals surface area contributed by atoms with Crippen molar-refractivity contribution < 1.29 is 27.8 Å². The molecule has 4 rings (SSSR count). The maximum atomic E-state index is 13.0. The fraction of sp³-hybridized carbons (Fsp3) is 0.364. The smallest absolute Gasteiger partial charge is 0.406 e. The quantitative estimate of drug-likeness (QED) is 0.603. The number of carbonyl (C=O) groups excluding carboxylic acids is 1. The van der Waals surface area contributed by atoms with E-state index in [2.05, 4.69) is 25.1 Å². The van der Waals surface area contributed by atoms with Crippen molar-refractivity contribution >= 4 is 5.91 Å². The van der Waals surface area contributed by atoms with Gasteiger partial charge in [0.15, 0.2) is 5.82 Å². The van der Waals surface area contributed by atoms with Gasteiger partial charge in [-0.2, -0.15) is 5.10 Å². The molecular formula is C22H22F3N5O3. The monoisotopic (exact) mass is 461 g/mol. The summed E-state index contributed by atoms with van der Waals surface area (Å²) in [5.41, 5.74) is 1.47. The molecule has 0 unspecified atom stereocenters. The highest BCUT2D eigenvalue weighted by atomic mass is 19.4. The third kappa shape index (κ3) is 5.67. The Balaban J connectivity index is 1.67. The summed E-state index contributed by atoms with van der Waals surface area (Å²) in [4.78, 5) is 21.8. The third-order valence-corrected chi connectivity index (χ3v) is 5.35. The summed E-state index contributed by atoms with van der Waals surface area (Å²) in [6, 6.07) is 6.28. The number of halogens is 3. The molecule has 1 aliphatic rings. The minimum atomic E-state index is -4.79. The Kier molecular flexibility index (Phi) is 6.32. The van der Waals surface area contributed by atoms with E-state index in [9.17, 15) is 23.1 Å². The molecule has 1 amide bonds. The molecule has 0 aliphatic heterocycles. The molecule has 1 saturated carbocycles. The highest BCUT2D eigenvalue weighted by Gasteiger charge is 2.31. The zero-order chi connectivity index (χ0) is 23.6. The topological polar surface area (TPSA) is 102 Å². The first kappa shape index (κ1) is 22.7. The molecule has 33 heavy (non-hydrogen) atoms. The Hall–Kier alpha value is -3.47. The van der Waals surface area contributed by atoms with Gasteiger partial charge in [-0.15, -0.1) is 13.2 Å². The molecule has 0 saturated heterocycles. The van der Waals surface area contributed by atoms with Gasteiger partial charge >= 0.3 is 6.36 Å². The first-order valence-corrected chi connectivity index (χ1v) is 10.4. The van der Waals surface area contributed by atoms with Gasteiger partial charge in [-0.25, -0.2) is 9.97 Å². The molecule has 2 aromatic heterocycles. The zero-order valence-corrected chi connectivity index (χ0v) is 17.7. The molecule has 3 aromatic rings. The van der Waals surface area contributed by atoms with Crippen LogP contribution in [-0.2, 0) is 7.05 Å². The summed E-state index contributed by atoms with van der Waals surface area (Å²) in [7, 11) is 1.73. The summed E-state index contributed by atoms with van der Waals surface area (Å²) in [6.07, 6.45) is 0.919. The van der Waals surface area contributed by atoms with E-state index in [1.807, 2.05) is 0 Å². The Bertz CT molecular complexity index is 1130. The van der Waals surface area contributed by atoms with Crippen molar-refractivity contribution in [3.8, 4) is 28.4 Å². The number of nitrogens with one attached hydrogen (secondary N) is 1. The number of aromatic nitrogens is 4. The molecule has 1 aliphatic carbocycles. The van der Waals surface area contributed by atoms with Crippen molar-refractivity contribution in [2.45, 2.75) is 44.2 Å². The molecule has 11 heteroatoms. The maximum absolute atomic E-state index is 13.0. The second-order valence-corrected chi connectivity index (χ2v) is 7.87. The zero-order valence-electron chi connectivity index (χ0n) is 17.7. The molecule has 0 spiro atoms. The van der Waals surface area contributed by atoms with Crippen molar-refractivity contribution in [2.75, 3.05) is 0 Å². The summed E-state index contributed by atoms with van der Waals surface area (Å²) >= 11 is 0. The minimum Gasteiger partial charge on any atom is -0.406 e. The number of nitrogens with zero attached hydrogens (tertiary/aromatic N) is 4. The molecule has 174 valence electrons. The SMILES string of the molecule is Cn1cc(-c2nc(C(=O)N[C@H]3CCCC[C@H]3O)cc(-c3ccc(OC(F)(F)F)cc3)n2)cn1. The third-order valence-electron chi connectivity index (χ3n) is 5.35. The number of benzene rings is 1. The summed E-state index contributed by atoms with van der Waals surface area (Å²) in [5, 5.41) is 17.1. The molecule has 1 aromatic carbocycles. The van der Waals surface area contributed by atoms with Crippen LogP contribution >= 0.6 is 0 Å². The predicted octanol–water partition coefficient (Wildman–Crippen LogP) is 3.48. The Labute approximate surface area is 187 Å². The highest BCUT2D eigenvalue weighted by molar-refractivity contribution is 5.94. The lowest BCUT2D eigenvalue weighted by molar-refractivity contribution is -0.274. The number of alkyl halides is 3. The number of rotatable bonds is 5. The lowest BCUT2D eigenvalue weighted by Crippen LogP contribution is -2.45. The van der Waals surface area contributed by atoms with E-state index in [1.54, 1.807) is 24.1 Å². The Morgan fingerprint density at radius 2 is 1.88 bits per heavy atom. The van der Waals surface area contributed by atoms with Gasteiger partial charge in [0.25, 0.3) is 5.91 Å². The Morgan fingerprint density at radius 3 is 2.52 bits per heavy atom. The number of aliphatic hydroxyl groups is 1. The van der Waals surface area contributed by atoms with Crippen LogP contribution in [0.2, 0.25) is 0 Å². The van der Waals surface area contributed by atoms with Gasteiger partial charge in [-0.1, -0.05) is 12.8 Å². The van der Waals surface area contributed by atoms with Crippen molar-refractivity contribution in [1.29, 1.82) is 0 Å². The van der Waals surface area contributed by atoms with E-state index in [-0.39, 0.29) is 23.3 Å². The van der Waals surface area contributed by atoms with Crippen LogP contribution in [-0.4, -0.2) is 49.3 Å². The second kappa shape index (κ2) is 9.18. The maximum Gasteiger partial charge on any atom is 0.573 e. The van der Waals surface area contributed by atoms with Gasteiger partial charge in [0.05, 0.1) is 29.6 Å². The molecule has 2 atom stereocenters. The van der Waals surface area contributed by atoms with Gasteiger partial charge in [-0.3, -0.25) is 9.48 Å². The average Bonchev–Trinajstić information content (AvgIpc) is 3.21. The van der Waals surface area contributed by atoms with Gasteiger partial charge in [-0.05, 0) is 43.2 Å². The minimum absolute atomic E-state index is 0.0762. The first-order valence-electron chi connectivity index (χ1n) is 10.4. The number of carbonyl (C=O) groups is 1. The van der Waals surface area contributed by atoms with Gasteiger partial charge in [0.1, 0.15) is 11.4 Å². The highest BCUT2D eigenvalue weighted by Crippen LogP contribution is 2.27. The predicted molar refractivity (Wildman–Crippen MR) is 112 cm³/mol. The van der Waals surface area contributed by atoms with Gasteiger partial charge in [0.2, 0.25) is 0 Å². The summed E-state index contributed by atoms with van der Waals surface area (Å²) in [5.74, 6) is -0.589. The van der Waals surface area contributed by atoms with E-state index >= 15 is 0 Å². The van der Waals surface area contributed by atoms with Crippen LogP contribution in [0.3, 0.4) is 0 Å². The summed E-state index contributed by atoms with van der Waals surface area (Å²) in [6.45, 7) is 0. The van der Waals surface area contributed by atoms with Gasteiger partial charge < -0.3 is 15.2 Å². The molecule has 8 nitrogen and oxygen atoms in total. The fourth-order valence-electron chi connectivity index (χ4n) is 3.73. The number of aryl methyl sites for hydroxylation is 1. The van der Waals surface area contributed by atoms with Crippen molar-refractivity contribution in [3.05, 3.63) is 48.4 Å². The molecular weight excluding hydrogens is 439 g/mol. The molecule has 0 radical (unpaired) electrons. The molecule has 2 heterocycles. The van der Waals surface area contributed by atoms with Crippen molar-refractivity contribution in [1.82, 2.24) is 25.1 Å². The standard InChI is InChI=1S/C22H22F3N5O3/c1-30-12-14(11-26-30)20-27-17(13-6-8-15(9-7-13)33-22(23,24)25)10-18(28-20)21(32)29-16-4-2-3-5-19(16)31/h6-12,16,19,31H,2-5H2,1H3,(H,29,32)/t16-,19+/m0/s1. The number of ether oxygens (including phenoxy) is 1. The van der Waals surface area contributed by atoms with E-state index in [0.29, 0.717) is 29.7 Å². The number of amides is 1. The number of hydrogen-bond donors (Lipinski definition) is 2. The number of aliphatic hydroxyl groups excluding tert-OH is 1. The van der Waals surface area contributed by atoms with Crippen LogP contribution < -0.4 is 10.1 Å². The first-order chi connectivity index (χ1) is 15.7. The van der Waals surface area contributed by atoms with E-state index in [4.69, 9.17) is 0 Å². The van der Waals surface area contributed by atoms with Crippen LogP contribution in [0.5, 0.6) is 5.75 Å². The average molecular weight is 461 g/mol. The summed E-state index contributed by atoms with van der Waals surface area (Å²) < 4.78 is 42.8. The van der Waals surface area contributed by atoms with E-state index in [1.165, 1.54) is 30.3 Å². The number of hydrogen-bond acceptors (Lipinski definition) is 6. The lowest BCUT2D eigenvalue weighted by Gasteiger charge is -2.28. The van der Waals surface area contributed by atoms with Crippen LogP contribution in [0, 0.1) is 0 Å². The van der Waals surface area contributed by atoms with Crippen LogP contribution in [0.25, 0.3) is 22.6 Å². The Morgan fingerprint density at radius 1 is 1.15 bits per heavy atom. The lowest BCUT2D eigenvalue weighted by atomic mass is 9.92. The molecule has 0 bridgehead atoms. The van der Waals surface area contributed by atoms with Crippen molar-refractivity contribution in [2.24, 2.45) is 7.05 Å². The fourth-order valence-corrected chi connectivity index (χ4v) is 3.73. The molecule has 2 N–H and O–H groups in total. The van der Waals surface area contributed by atoms with Crippen molar-refractivity contribution in [3.63, 3.8) is 0 Å². The van der Waals surface area contributed by atoms with Crippen LogP contribution in [0.1, 0.15) is 36.2 Å². The van der Waals surface area contributed by atoms with Crippen LogP contribution in [0.15, 0.2) is 42.7 Å². The van der Waals surface area contributed by atoms with Gasteiger partial charge in [0, 0.05) is 18.8 Å². The van der Waals surface area contributed by atoms with Crippen LogP contribution in [0.4, 0.5) is 13.2 Å². The molecule has 1 fully saturated rings.